The lowest BCUT2D eigenvalue weighted by molar-refractivity contribution is -0.131. The van der Waals surface area contributed by atoms with Crippen LogP contribution >= 0.6 is 0 Å². The van der Waals surface area contributed by atoms with Gasteiger partial charge in [-0.1, -0.05) is 47.2 Å². The molecule has 5 rings (SSSR count). The van der Waals surface area contributed by atoms with E-state index in [2.05, 4.69) is 15.3 Å². The summed E-state index contributed by atoms with van der Waals surface area (Å²) in [4.78, 5) is 35.3. The maximum absolute atomic E-state index is 13.0. The van der Waals surface area contributed by atoms with Crippen molar-refractivity contribution in [3.63, 3.8) is 0 Å². The number of aryl methyl sites for hydroxylation is 1. The molecule has 1 N–H and O–H groups in total. The highest BCUT2D eigenvalue weighted by Crippen LogP contribution is 2.25. The zero-order valence-corrected chi connectivity index (χ0v) is 19.9. The zero-order valence-electron chi connectivity index (χ0n) is 19.9. The van der Waals surface area contributed by atoms with Crippen LogP contribution in [-0.4, -0.2) is 56.0 Å². The van der Waals surface area contributed by atoms with Gasteiger partial charge in [-0.2, -0.15) is 0 Å². The first-order valence-corrected chi connectivity index (χ1v) is 11.8. The number of amides is 1. The number of methoxy groups -OCH3 is 1. The van der Waals surface area contributed by atoms with Crippen molar-refractivity contribution in [3.8, 4) is 5.75 Å². The number of hydrogen-bond acceptors (Lipinski definition) is 6. The molecule has 9 heteroatoms. The van der Waals surface area contributed by atoms with Crippen molar-refractivity contribution in [1.82, 2.24) is 29.9 Å². The number of aromatic amines is 1. The van der Waals surface area contributed by atoms with Crippen LogP contribution in [0.1, 0.15) is 41.3 Å². The number of aromatic nitrogens is 5. The fourth-order valence-corrected chi connectivity index (χ4v) is 4.55. The largest absolute Gasteiger partial charge is 0.497 e. The lowest BCUT2D eigenvalue weighted by atomic mass is 9.96. The minimum atomic E-state index is -0.306. The number of piperidine rings is 1. The first kappa shape index (κ1) is 22.8. The van der Waals surface area contributed by atoms with E-state index in [1.54, 1.807) is 11.8 Å². The fourth-order valence-electron chi connectivity index (χ4n) is 4.55. The van der Waals surface area contributed by atoms with Gasteiger partial charge in [0.05, 0.1) is 20.1 Å². The summed E-state index contributed by atoms with van der Waals surface area (Å²) in [7, 11) is 1.61. The van der Waals surface area contributed by atoms with Gasteiger partial charge in [-0.3, -0.25) is 9.59 Å². The van der Waals surface area contributed by atoms with E-state index < -0.39 is 0 Å². The number of ether oxygens (including phenoxy) is 1. The number of H-pyrrole nitrogens is 1. The number of benzene rings is 2. The summed E-state index contributed by atoms with van der Waals surface area (Å²) in [6.07, 6.45) is 1.99. The minimum Gasteiger partial charge on any atom is -0.497 e. The van der Waals surface area contributed by atoms with Crippen LogP contribution < -0.4 is 10.3 Å². The van der Waals surface area contributed by atoms with E-state index >= 15 is 0 Å². The van der Waals surface area contributed by atoms with Crippen molar-refractivity contribution in [2.45, 2.75) is 38.6 Å². The maximum Gasteiger partial charge on any atom is 0.281 e. The predicted octanol–water partition coefficient (Wildman–Crippen LogP) is 2.83. The highest BCUT2D eigenvalue weighted by atomic mass is 16.5. The Morgan fingerprint density at radius 2 is 2.00 bits per heavy atom. The molecule has 9 nitrogen and oxygen atoms in total. The number of fused-ring (bicyclic) bond motifs is 1. The molecule has 1 saturated heterocycles. The normalized spacial score (nSPS) is 15.9. The Balaban J connectivity index is 1.35. The molecule has 0 spiro atoms. The molecule has 3 heterocycles. The average molecular weight is 473 g/mol. The molecule has 1 unspecified atom stereocenters. The number of rotatable bonds is 6. The monoisotopic (exact) mass is 472 g/mol. The second-order valence-corrected chi connectivity index (χ2v) is 9.06. The van der Waals surface area contributed by atoms with E-state index in [1.807, 2.05) is 60.4 Å². The smallest absolute Gasteiger partial charge is 0.281 e. The molecular weight excluding hydrogens is 444 g/mol. The summed E-state index contributed by atoms with van der Waals surface area (Å²) in [5.74, 6) is 1.31. The van der Waals surface area contributed by atoms with Crippen LogP contribution in [0, 0.1) is 6.92 Å². The van der Waals surface area contributed by atoms with Crippen molar-refractivity contribution in [3.05, 3.63) is 81.4 Å². The molecule has 0 aliphatic carbocycles. The second-order valence-electron chi connectivity index (χ2n) is 9.06. The SMILES string of the molecule is COc1cccc(CC(=O)N2CCCC(c3nc4c(nnn4Cc4ccc(C)cc4)c(=O)[nH]3)C2)c1. The van der Waals surface area contributed by atoms with Crippen molar-refractivity contribution >= 4 is 17.1 Å². The molecule has 1 aliphatic rings. The van der Waals surface area contributed by atoms with Crippen LogP contribution in [0.4, 0.5) is 0 Å². The standard InChI is InChI=1S/C26H28N6O3/c1-17-8-10-18(11-9-17)15-32-25-23(29-30-32)26(34)28-24(27-25)20-6-4-12-31(16-20)22(33)14-19-5-3-7-21(13-19)35-2/h3,5,7-11,13,20H,4,6,12,14-16H2,1-2H3,(H,27,28,34). The second kappa shape index (κ2) is 9.69. The van der Waals surface area contributed by atoms with Gasteiger partial charge in [0.2, 0.25) is 5.91 Å². The van der Waals surface area contributed by atoms with Crippen LogP contribution in [0.5, 0.6) is 5.75 Å². The molecule has 0 radical (unpaired) electrons. The van der Waals surface area contributed by atoms with Gasteiger partial charge in [0.25, 0.3) is 5.56 Å². The van der Waals surface area contributed by atoms with E-state index in [0.717, 1.165) is 29.7 Å². The number of likely N-dealkylation sites (tertiary alicyclic amines) is 1. The quantitative estimate of drug-likeness (QED) is 0.463. The average Bonchev–Trinajstić information content (AvgIpc) is 3.28. The van der Waals surface area contributed by atoms with Crippen LogP contribution in [0.25, 0.3) is 11.2 Å². The maximum atomic E-state index is 13.0. The van der Waals surface area contributed by atoms with Crippen LogP contribution in [-0.2, 0) is 17.8 Å². The Bertz CT molecular complexity index is 1410. The topological polar surface area (TPSA) is 106 Å². The van der Waals surface area contributed by atoms with Gasteiger partial charge in [-0.15, -0.1) is 5.10 Å². The van der Waals surface area contributed by atoms with Gasteiger partial charge in [0, 0.05) is 19.0 Å². The summed E-state index contributed by atoms with van der Waals surface area (Å²) in [6, 6.07) is 15.7. The highest BCUT2D eigenvalue weighted by Gasteiger charge is 2.27. The molecule has 1 atom stereocenters. The van der Waals surface area contributed by atoms with E-state index in [-0.39, 0.29) is 22.9 Å². The van der Waals surface area contributed by atoms with Gasteiger partial charge in [-0.25, -0.2) is 9.67 Å². The lowest BCUT2D eigenvalue weighted by Gasteiger charge is -2.32. The van der Waals surface area contributed by atoms with Gasteiger partial charge in [0.1, 0.15) is 11.6 Å². The van der Waals surface area contributed by atoms with E-state index in [9.17, 15) is 9.59 Å². The van der Waals surface area contributed by atoms with E-state index in [0.29, 0.717) is 37.5 Å². The molecule has 2 aromatic carbocycles. The molecule has 180 valence electrons. The van der Waals surface area contributed by atoms with E-state index in [4.69, 9.17) is 9.72 Å². The summed E-state index contributed by atoms with van der Waals surface area (Å²) >= 11 is 0. The molecule has 1 aliphatic heterocycles. The van der Waals surface area contributed by atoms with Crippen LogP contribution in [0.3, 0.4) is 0 Å². The molecule has 4 aromatic rings. The van der Waals surface area contributed by atoms with Crippen molar-refractivity contribution in [1.29, 1.82) is 0 Å². The third-order valence-electron chi connectivity index (χ3n) is 6.50. The van der Waals surface area contributed by atoms with Gasteiger partial charge < -0.3 is 14.6 Å². The number of carbonyl (C=O) groups excluding carboxylic acids is 1. The van der Waals surface area contributed by atoms with Crippen molar-refractivity contribution < 1.29 is 9.53 Å². The summed E-state index contributed by atoms with van der Waals surface area (Å²) < 4.78 is 6.93. The third kappa shape index (κ3) is 4.94. The first-order valence-electron chi connectivity index (χ1n) is 11.8. The molecule has 35 heavy (non-hydrogen) atoms. The molecule has 1 amide bonds. The Hall–Kier alpha value is -4.01. The Kier molecular flexibility index (Phi) is 6.31. The lowest BCUT2D eigenvalue weighted by Crippen LogP contribution is -2.40. The van der Waals surface area contributed by atoms with Gasteiger partial charge in [0.15, 0.2) is 11.2 Å². The molecule has 0 saturated carbocycles. The zero-order chi connectivity index (χ0) is 24.4. The molecule has 0 bridgehead atoms. The molecule has 1 fully saturated rings. The predicted molar refractivity (Wildman–Crippen MR) is 131 cm³/mol. The Labute approximate surface area is 202 Å². The van der Waals surface area contributed by atoms with Crippen molar-refractivity contribution in [2.24, 2.45) is 0 Å². The van der Waals surface area contributed by atoms with Gasteiger partial charge >= 0.3 is 0 Å². The van der Waals surface area contributed by atoms with Crippen molar-refractivity contribution in [2.75, 3.05) is 20.2 Å². The summed E-state index contributed by atoms with van der Waals surface area (Å²) in [6.45, 7) is 3.72. The number of carbonyl (C=O) groups is 1. The van der Waals surface area contributed by atoms with Crippen LogP contribution in [0.15, 0.2) is 53.3 Å². The Morgan fingerprint density at radius 1 is 1.17 bits per heavy atom. The Morgan fingerprint density at radius 3 is 2.80 bits per heavy atom. The summed E-state index contributed by atoms with van der Waals surface area (Å²) in [5, 5.41) is 8.23. The number of nitrogens with one attached hydrogen (secondary N) is 1. The van der Waals surface area contributed by atoms with E-state index in [1.165, 1.54) is 5.56 Å². The molecular formula is C26H28N6O3. The van der Waals surface area contributed by atoms with Crippen LogP contribution in [0.2, 0.25) is 0 Å². The number of hydrogen-bond donors (Lipinski definition) is 1. The first-order chi connectivity index (χ1) is 17.0. The number of nitrogens with zero attached hydrogens (tertiary/aromatic N) is 5. The fraction of sp³-hybridized carbons (Fsp3) is 0.346. The third-order valence-corrected chi connectivity index (χ3v) is 6.50. The minimum absolute atomic E-state index is 0.0532. The highest BCUT2D eigenvalue weighted by molar-refractivity contribution is 5.79. The summed E-state index contributed by atoms with van der Waals surface area (Å²) in [5.41, 5.74) is 3.53. The molecule has 2 aromatic heterocycles. The van der Waals surface area contributed by atoms with Gasteiger partial charge in [-0.05, 0) is 43.0 Å².